The number of alkyl halides is 3. The van der Waals surface area contributed by atoms with Gasteiger partial charge in [-0.2, -0.15) is 13.2 Å². The number of thioether (sulfide) groups is 1. The van der Waals surface area contributed by atoms with E-state index in [9.17, 15) is 13.2 Å². The fraction of sp³-hybridized carbons (Fsp3) is 0.875. The van der Waals surface area contributed by atoms with Crippen LogP contribution in [0.3, 0.4) is 0 Å². The Morgan fingerprint density at radius 3 is 1.92 bits per heavy atom. The van der Waals surface area contributed by atoms with Crippen LogP contribution in [0.2, 0.25) is 0 Å². The lowest BCUT2D eigenvalue weighted by molar-refractivity contribution is -0.0558. The Morgan fingerprint density at radius 1 is 1.23 bits per heavy atom. The first-order valence-corrected chi connectivity index (χ1v) is 5.20. The third kappa shape index (κ3) is 4.55. The number of hydrogen-bond donors (Lipinski definition) is 0. The van der Waals surface area contributed by atoms with E-state index in [1.54, 1.807) is 6.92 Å². The molecule has 0 saturated carbocycles. The summed E-state index contributed by atoms with van der Waals surface area (Å²) in [5, 5.41) is -0.742. The maximum absolute atomic E-state index is 12.2. The standard InChI is InChI=1S/C8H14F3NS/c1-5(2)6(3)12-7(13-4)8(9,10)11/h5-6H,1-4H3/b12-7-/t6-/m0/s1. The van der Waals surface area contributed by atoms with Crippen molar-refractivity contribution in [2.24, 2.45) is 10.9 Å². The van der Waals surface area contributed by atoms with Crippen molar-refractivity contribution in [3.05, 3.63) is 0 Å². The van der Waals surface area contributed by atoms with Crippen LogP contribution >= 0.6 is 11.8 Å². The van der Waals surface area contributed by atoms with Gasteiger partial charge in [0.1, 0.15) is 0 Å². The van der Waals surface area contributed by atoms with E-state index in [1.165, 1.54) is 6.26 Å². The first kappa shape index (κ1) is 12.8. The van der Waals surface area contributed by atoms with Crippen molar-refractivity contribution >= 4 is 16.8 Å². The normalized spacial score (nSPS) is 16.5. The first-order chi connectivity index (χ1) is 5.79. The second-order valence-corrected chi connectivity index (χ2v) is 3.92. The summed E-state index contributed by atoms with van der Waals surface area (Å²) >= 11 is 0.648. The van der Waals surface area contributed by atoms with Gasteiger partial charge < -0.3 is 0 Å². The van der Waals surface area contributed by atoms with Gasteiger partial charge in [0.25, 0.3) is 0 Å². The Labute approximate surface area is 80.8 Å². The van der Waals surface area contributed by atoms with Crippen LogP contribution in [-0.2, 0) is 0 Å². The van der Waals surface area contributed by atoms with Crippen molar-refractivity contribution in [1.29, 1.82) is 0 Å². The van der Waals surface area contributed by atoms with Gasteiger partial charge in [0, 0.05) is 0 Å². The molecule has 13 heavy (non-hydrogen) atoms. The summed E-state index contributed by atoms with van der Waals surface area (Å²) in [7, 11) is 0. The minimum atomic E-state index is -4.30. The van der Waals surface area contributed by atoms with Crippen LogP contribution in [0.1, 0.15) is 20.8 Å². The fourth-order valence-corrected chi connectivity index (χ4v) is 1.08. The fourth-order valence-electron chi connectivity index (χ4n) is 0.576. The molecule has 78 valence electrons. The molecule has 0 aromatic rings. The van der Waals surface area contributed by atoms with Crippen molar-refractivity contribution in [2.45, 2.75) is 33.0 Å². The molecule has 0 N–H and O–H groups in total. The Hall–Kier alpha value is -0.190. The average molecular weight is 213 g/mol. The highest BCUT2D eigenvalue weighted by molar-refractivity contribution is 8.13. The highest BCUT2D eigenvalue weighted by atomic mass is 32.2. The number of rotatable bonds is 2. The minimum absolute atomic E-state index is 0.129. The van der Waals surface area contributed by atoms with Gasteiger partial charge in [-0.15, -0.1) is 11.8 Å². The molecule has 1 nitrogen and oxygen atoms in total. The van der Waals surface area contributed by atoms with E-state index in [0.29, 0.717) is 11.8 Å². The van der Waals surface area contributed by atoms with Crippen LogP contribution in [0.5, 0.6) is 0 Å². The average Bonchev–Trinajstić information content (AvgIpc) is 1.96. The minimum Gasteiger partial charge on any atom is -0.271 e. The van der Waals surface area contributed by atoms with Crippen molar-refractivity contribution in [1.82, 2.24) is 0 Å². The van der Waals surface area contributed by atoms with Gasteiger partial charge in [0.15, 0.2) is 5.04 Å². The maximum atomic E-state index is 12.2. The van der Waals surface area contributed by atoms with Crippen molar-refractivity contribution in [3.63, 3.8) is 0 Å². The van der Waals surface area contributed by atoms with Crippen molar-refractivity contribution in [3.8, 4) is 0 Å². The lowest BCUT2D eigenvalue weighted by atomic mass is 10.1. The quantitative estimate of drug-likeness (QED) is 0.506. The van der Waals surface area contributed by atoms with Crippen LogP contribution < -0.4 is 0 Å². The van der Waals surface area contributed by atoms with E-state index in [-0.39, 0.29) is 12.0 Å². The number of hydrogen-bond acceptors (Lipinski definition) is 2. The van der Waals surface area contributed by atoms with E-state index in [1.807, 2.05) is 13.8 Å². The number of halogens is 3. The second kappa shape index (κ2) is 4.88. The lowest BCUT2D eigenvalue weighted by Gasteiger charge is -2.14. The molecule has 0 fully saturated rings. The topological polar surface area (TPSA) is 12.4 Å². The zero-order valence-electron chi connectivity index (χ0n) is 8.14. The van der Waals surface area contributed by atoms with E-state index < -0.39 is 11.2 Å². The molecule has 0 aliphatic rings. The zero-order valence-corrected chi connectivity index (χ0v) is 8.96. The van der Waals surface area contributed by atoms with Gasteiger partial charge in [-0.25, -0.2) is 0 Å². The molecule has 0 aliphatic heterocycles. The largest absolute Gasteiger partial charge is 0.439 e. The Morgan fingerprint density at radius 2 is 1.69 bits per heavy atom. The van der Waals surface area contributed by atoms with Crippen LogP contribution in [-0.4, -0.2) is 23.5 Å². The third-order valence-electron chi connectivity index (χ3n) is 1.72. The van der Waals surface area contributed by atoms with Gasteiger partial charge in [0.2, 0.25) is 0 Å². The first-order valence-electron chi connectivity index (χ1n) is 3.98. The van der Waals surface area contributed by atoms with Gasteiger partial charge in [-0.3, -0.25) is 4.99 Å². The SMILES string of the molecule is CS/C(=N\[C@@H](C)C(C)C)C(F)(F)F. The van der Waals surface area contributed by atoms with Gasteiger partial charge >= 0.3 is 6.18 Å². The summed E-state index contributed by atoms with van der Waals surface area (Å²) in [5.74, 6) is 0.129. The molecule has 0 bridgehead atoms. The molecule has 0 radical (unpaired) electrons. The van der Waals surface area contributed by atoms with Gasteiger partial charge in [-0.1, -0.05) is 13.8 Å². The Bertz CT molecular complexity index is 186. The summed E-state index contributed by atoms with van der Waals surface area (Å²) in [6.45, 7) is 5.39. The van der Waals surface area contributed by atoms with Gasteiger partial charge in [0.05, 0.1) is 6.04 Å². The van der Waals surface area contributed by atoms with Crippen LogP contribution in [0.15, 0.2) is 4.99 Å². The summed E-state index contributed by atoms with van der Waals surface area (Å²) in [5.41, 5.74) is 0. The zero-order chi connectivity index (χ0) is 10.6. The smallest absolute Gasteiger partial charge is 0.271 e. The molecule has 0 aliphatic carbocycles. The van der Waals surface area contributed by atoms with Crippen LogP contribution in [0, 0.1) is 5.92 Å². The molecule has 0 heterocycles. The summed E-state index contributed by atoms with van der Waals surface area (Å²) in [6.07, 6.45) is -2.91. The molecular formula is C8H14F3NS. The maximum Gasteiger partial charge on any atom is 0.439 e. The number of nitrogens with zero attached hydrogens (tertiary/aromatic N) is 1. The molecule has 0 aromatic heterocycles. The predicted molar refractivity (Wildman–Crippen MR) is 51.3 cm³/mol. The molecule has 0 aromatic carbocycles. The molecular weight excluding hydrogens is 199 g/mol. The highest BCUT2D eigenvalue weighted by Gasteiger charge is 2.35. The van der Waals surface area contributed by atoms with E-state index in [4.69, 9.17) is 0 Å². The Kier molecular flexibility index (Phi) is 4.81. The molecule has 0 rings (SSSR count). The molecule has 0 unspecified atom stereocenters. The van der Waals surface area contributed by atoms with Gasteiger partial charge in [-0.05, 0) is 19.1 Å². The number of aliphatic imine (C=N–C) groups is 1. The lowest BCUT2D eigenvalue weighted by Crippen LogP contribution is -2.22. The monoisotopic (exact) mass is 213 g/mol. The van der Waals surface area contributed by atoms with Crippen molar-refractivity contribution in [2.75, 3.05) is 6.26 Å². The second-order valence-electron chi connectivity index (χ2n) is 3.12. The predicted octanol–water partition coefficient (Wildman–Crippen LogP) is 3.35. The summed E-state index contributed by atoms with van der Waals surface area (Å²) in [6, 6.07) is -0.288. The summed E-state index contributed by atoms with van der Waals surface area (Å²) in [4.78, 5) is 3.62. The van der Waals surface area contributed by atoms with Crippen LogP contribution in [0.25, 0.3) is 0 Å². The molecule has 1 atom stereocenters. The van der Waals surface area contributed by atoms with E-state index >= 15 is 0 Å². The highest BCUT2D eigenvalue weighted by Crippen LogP contribution is 2.25. The van der Waals surface area contributed by atoms with E-state index in [2.05, 4.69) is 4.99 Å². The van der Waals surface area contributed by atoms with Crippen LogP contribution in [0.4, 0.5) is 13.2 Å². The van der Waals surface area contributed by atoms with E-state index in [0.717, 1.165) is 0 Å². The molecule has 5 heteroatoms. The molecule has 0 spiro atoms. The summed E-state index contributed by atoms with van der Waals surface area (Å²) < 4.78 is 36.6. The third-order valence-corrected chi connectivity index (χ3v) is 2.45. The molecule has 0 amide bonds. The van der Waals surface area contributed by atoms with Crippen molar-refractivity contribution < 1.29 is 13.2 Å². The Balaban J connectivity index is 4.57. The molecule has 0 saturated heterocycles.